The number of ether oxygens (including phenoxy) is 3. The molecule has 0 bridgehead atoms. The van der Waals surface area contributed by atoms with Crippen LogP contribution in [0.3, 0.4) is 0 Å². The molecule has 0 saturated carbocycles. The first-order chi connectivity index (χ1) is 17.0. The lowest BCUT2D eigenvalue weighted by Crippen LogP contribution is -2.30. The van der Waals surface area contributed by atoms with Crippen molar-refractivity contribution in [1.29, 1.82) is 0 Å². The van der Waals surface area contributed by atoms with E-state index in [1.54, 1.807) is 42.5 Å². The Labute approximate surface area is 206 Å². The fourth-order valence-corrected chi connectivity index (χ4v) is 4.09. The summed E-state index contributed by atoms with van der Waals surface area (Å²) in [5.74, 6) is -0.100. The molecule has 1 saturated heterocycles. The van der Waals surface area contributed by atoms with Crippen molar-refractivity contribution in [3.63, 3.8) is 0 Å². The summed E-state index contributed by atoms with van der Waals surface area (Å²) in [6.45, 7) is 10.9. The van der Waals surface area contributed by atoms with Crippen LogP contribution in [-0.2, 0) is 9.59 Å². The average molecular weight is 480 g/mol. The van der Waals surface area contributed by atoms with Crippen LogP contribution in [0.4, 0.5) is 0 Å². The Hall–Kier alpha value is -3.74. The predicted molar refractivity (Wildman–Crippen MR) is 135 cm³/mol. The molecular formula is C28H33NO6. The third-order valence-corrected chi connectivity index (χ3v) is 5.65. The lowest BCUT2D eigenvalue weighted by atomic mass is 9.94. The first kappa shape index (κ1) is 25.9. The van der Waals surface area contributed by atoms with Crippen molar-refractivity contribution in [1.82, 2.24) is 4.90 Å². The number of nitrogens with zero attached hydrogens (tertiary/aromatic N) is 1. The lowest BCUT2D eigenvalue weighted by molar-refractivity contribution is -0.139. The molecule has 1 unspecified atom stereocenters. The van der Waals surface area contributed by atoms with Gasteiger partial charge >= 0.3 is 0 Å². The summed E-state index contributed by atoms with van der Waals surface area (Å²) in [6, 6.07) is 11.5. The second kappa shape index (κ2) is 12.1. The number of rotatable bonds is 12. The molecule has 0 spiro atoms. The third kappa shape index (κ3) is 5.67. The van der Waals surface area contributed by atoms with Gasteiger partial charge in [0.25, 0.3) is 11.7 Å². The summed E-state index contributed by atoms with van der Waals surface area (Å²) < 4.78 is 17.0. The van der Waals surface area contributed by atoms with Crippen molar-refractivity contribution in [3.05, 3.63) is 71.8 Å². The van der Waals surface area contributed by atoms with Gasteiger partial charge in [-0.25, -0.2) is 0 Å². The summed E-state index contributed by atoms with van der Waals surface area (Å²) in [7, 11) is 0. The topological polar surface area (TPSA) is 85.3 Å². The standard InChI is InChI=1S/C28H33NO6/c1-5-9-15-29-25(19-11-10-12-20(17-19)35-16-6-2)24(27(31)28(29)32)26(30)22-14-13-21(33-7-3)18-23(22)34-8-4/h6,10-14,17-18,25,30H,2,5,7-9,15-16H2,1,3-4H3/b26-24-. The monoisotopic (exact) mass is 479 g/mol. The lowest BCUT2D eigenvalue weighted by Gasteiger charge is -2.25. The summed E-state index contributed by atoms with van der Waals surface area (Å²) in [6.07, 6.45) is 3.22. The Bertz CT molecular complexity index is 1110. The Kier molecular flexibility index (Phi) is 8.95. The second-order valence-electron chi connectivity index (χ2n) is 8.04. The number of ketones is 1. The molecule has 7 nitrogen and oxygen atoms in total. The molecule has 1 N–H and O–H groups in total. The Morgan fingerprint density at radius 2 is 1.77 bits per heavy atom. The molecule has 0 radical (unpaired) electrons. The molecule has 2 aromatic rings. The summed E-state index contributed by atoms with van der Waals surface area (Å²) in [5, 5.41) is 11.4. The highest BCUT2D eigenvalue weighted by Crippen LogP contribution is 2.42. The van der Waals surface area contributed by atoms with Gasteiger partial charge in [-0.2, -0.15) is 0 Å². The van der Waals surface area contributed by atoms with E-state index in [-0.39, 0.29) is 11.3 Å². The summed E-state index contributed by atoms with van der Waals surface area (Å²) in [5.41, 5.74) is 1.03. The SMILES string of the molecule is C=CCOc1cccc(C2/C(=C(/O)c3ccc(OCC)cc3OCC)C(=O)C(=O)N2CCCC)c1. The first-order valence-electron chi connectivity index (χ1n) is 12.0. The average Bonchev–Trinajstić information content (AvgIpc) is 3.11. The molecule has 1 heterocycles. The van der Waals surface area contributed by atoms with Gasteiger partial charge in [0, 0.05) is 12.6 Å². The van der Waals surface area contributed by atoms with E-state index >= 15 is 0 Å². The fourth-order valence-electron chi connectivity index (χ4n) is 4.09. The maximum Gasteiger partial charge on any atom is 0.295 e. The molecule has 1 aliphatic rings. The molecular weight excluding hydrogens is 446 g/mol. The number of aliphatic hydroxyl groups excluding tert-OH is 1. The molecule has 0 aliphatic carbocycles. The van der Waals surface area contributed by atoms with Crippen molar-refractivity contribution in [2.24, 2.45) is 0 Å². The molecule has 1 amide bonds. The van der Waals surface area contributed by atoms with E-state index < -0.39 is 17.7 Å². The zero-order valence-electron chi connectivity index (χ0n) is 20.6. The minimum absolute atomic E-state index is 0.0251. The maximum atomic E-state index is 13.3. The van der Waals surface area contributed by atoms with Crippen molar-refractivity contribution < 1.29 is 28.9 Å². The highest BCUT2D eigenvalue weighted by atomic mass is 16.5. The molecule has 35 heavy (non-hydrogen) atoms. The van der Waals surface area contributed by atoms with E-state index in [0.717, 1.165) is 12.8 Å². The number of amides is 1. The van der Waals surface area contributed by atoms with Crippen LogP contribution < -0.4 is 14.2 Å². The summed E-state index contributed by atoms with van der Waals surface area (Å²) >= 11 is 0. The number of benzene rings is 2. The Morgan fingerprint density at radius 1 is 1.03 bits per heavy atom. The molecule has 7 heteroatoms. The van der Waals surface area contributed by atoms with E-state index in [9.17, 15) is 14.7 Å². The van der Waals surface area contributed by atoms with Crippen molar-refractivity contribution in [2.75, 3.05) is 26.4 Å². The molecule has 1 fully saturated rings. The molecule has 2 aromatic carbocycles. The van der Waals surface area contributed by atoms with Crippen LogP contribution in [0.5, 0.6) is 17.2 Å². The smallest absolute Gasteiger partial charge is 0.295 e. The number of likely N-dealkylation sites (tertiary alicyclic amines) is 1. The van der Waals surface area contributed by atoms with Gasteiger partial charge in [0.05, 0.1) is 30.4 Å². The Balaban J connectivity index is 2.17. The van der Waals surface area contributed by atoms with Gasteiger partial charge in [0.15, 0.2) is 0 Å². The zero-order chi connectivity index (χ0) is 25.4. The Morgan fingerprint density at radius 3 is 2.46 bits per heavy atom. The molecule has 1 aliphatic heterocycles. The third-order valence-electron chi connectivity index (χ3n) is 5.65. The van der Waals surface area contributed by atoms with Gasteiger partial charge < -0.3 is 24.2 Å². The maximum absolute atomic E-state index is 13.3. The number of carbonyl (C=O) groups is 2. The minimum atomic E-state index is -0.755. The number of unbranched alkanes of at least 4 members (excludes halogenated alkanes) is 1. The van der Waals surface area contributed by atoms with Gasteiger partial charge in [0.1, 0.15) is 29.6 Å². The van der Waals surface area contributed by atoms with Gasteiger partial charge in [0.2, 0.25) is 0 Å². The van der Waals surface area contributed by atoms with Gasteiger partial charge in [-0.05, 0) is 50.1 Å². The number of hydrogen-bond acceptors (Lipinski definition) is 6. The number of aliphatic hydroxyl groups is 1. The molecule has 1 atom stereocenters. The van der Waals surface area contributed by atoms with E-state index in [1.807, 2.05) is 26.8 Å². The van der Waals surface area contributed by atoms with Crippen LogP contribution in [0, 0.1) is 0 Å². The van der Waals surface area contributed by atoms with E-state index in [0.29, 0.717) is 54.7 Å². The number of Topliss-reactive ketones (excluding diaryl/α,β-unsaturated/α-hetero) is 1. The quantitative estimate of drug-likeness (QED) is 0.193. The van der Waals surface area contributed by atoms with Gasteiger partial charge in [-0.15, -0.1) is 0 Å². The zero-order valence-corrected chi connectivity index (χ0v) is 20.6. The van der Waals surface area contributed by atoms with Gasteiger partial charge in [-0.3, -0.25) is 9.59 Å². The van der Waals surface area contributed by atoms with Gasteiger partial charge in [-0.1, -0.05) is 38.1 Å². The van der Waals surface area contributed by atoms with E-state index in [1.165, 1.54) is 4.90 Å². The minimum Gasteiger partial charge on any atom is -0.507 e. The van der Waals surface area contributed by atoms with E-state index in [4.69, 9.17) is 14.2 Å². The predicted octanol–water partition coefficient (Wildman–Crippen LogP) is 5.27. The van der Waals surface area contributed by atoms with Crippen molar-refractivity contribution >= 4 is 17.4 Å². The first-order valence-corrected chi connectivity index (χ1v) is 12.0. The van der Waals surface area contributed by atoms with Crippen LogP contribution in [-0.4, -0.2) is 48.1 Å². The van der Waals surface area contributed by atoms with E-state index in [2.05, 4.69) is 6.58 Å². The fraction of sp³-hybridized carbons (Fsp3) is 0.357. The highest BCUT2D eigenvalue weighted by molar-refractivity contribution is 6.46. The summed E-state index contributed by atoms with van der Waals surface area (Å²) in [4.78, 5) is 27.9. The molecule has 0 aromatic heterocycles. The van der Waals surface area contributed by atoms with Crippen LogP contribution in [0.25, 0.3) is 5.76 Å². The highest BCUT2D eigenvalue weighted by Gasteiger charge is 2.46. The number of hydrogen-bond donors (Lipinski definition) is 1. The van der Waals surface area contributed by atoms with Crippen LogP contribution >= 0.6 is 0 Å². The van der Waals surface area contributed by atoms with Crippen molar-refractivity contribution in [2.45, 2.75) is 39.7 Å². The molecule has 3 rings (SSSR count). The second-order valence-corrected chi connectivity index (χ2v) is 8.04. The molecule has 186 valence electrons. The number of carbonyl (C=O) groups excluding carboxylic acids is 2. The normalized spacial score (nSPS) is 16.9. The van der Waals surface area contributed by atoms with Crippen molar-refractivity contribution in [3.8, 4) is 17.2 Å². The van der Waals surface area contributed by atoms with Crippen LogP contribution in [0.1, 0.15) is 50.8 Å². The van der Waals surface area contributed by atoms with Crippen LogP contribution in [0.2, 0.25) is 0 Å². The van der Waals surface area contributed by atoms with Crippen LogP contribution in [0.15, 0.2) is 60.7 Å². The largest absolute Gasteiger partial charge is 0.507 e.